The SMILES string of the molecule is COc1cc(C)c(/C(O)=C2\C(=O)C(=O)N(c3nc4ccc(F)cc4[nH]3)C2c2ccc(N(C)C)cc2)cc1C. The number of aromatic amines is 1. The van der Waals surface area contributed by atoms with E-state index in [0.717, 1.165) is 11.3 Å². The quantitative estimate of drug-likeness (QED) is 0.221. The first-order valence-electron chi connectivity index (χ1n) is 12.0. The lowest BCUT2D eigenvalue weighted by Gasteiger charge is -2.24. The minimum absolute atomic E-state index is 0.0630. The van der Waals surface area contributed by atoms with Crippen LogP contribution in [-0.4, -0.2) is 48.0 Å². The molecule has 5 rings (SSSR count). The van der Waals surface area contributed by atoms with Crippen molar-refractivity contribution in [1.82, 2.24) is 9.97 Å². The zero-order valence-electron chi connectivity index (χ0n) is 21.7. The van der Waals surface area contributed by atoms with Crippen LogP contribution in [0.25, 0.3) is 16.8 Å². The highest BCUT2D eigenvalue weighted by molar-refractivity contribution is 6.51. The Labute approximate surface area is 219 Å². The standard InChI is InChI=1S/C29H27FN4O4/c1-15-13-23(38-5)16(2)12-20(15)26(35)24-25(17-6-9-19(10-7-17)33(3)4)34(28(37)27(24)36)29-31-21-11-8-18(30)14-22(21)32-29/h6-14,25,35H,1-5H3,(H,31,32)/b26-24+. The second-order valence-corrected chi connectivity index (χ2v) is 9.51. The van der Waals surface area contributed by atoms with Gasteiger partial charge in [-0.2, -0.15) is 0 Å². The van der Waals surface area contributed by atoms with E-state index in [0.29, 0.717) is 33.5 Å². The highest BCUT2D eigenvalue weighted by Gasteiger charge is 2.48. The molecule has 0 radical (unpaired) electrons. The van der Waals surface area contributed by atoms with Crippen LogP contribution >= 0.6 is 0 Å². The number of aliphatic hydroxyl groups excluding tert-OH is 1. The minimum atomic E-state index is -0.974. The summed E-state index contributed by atoms with van der Waals surface area (Å²) in [4.78, 5) is 37.6. The number of imidazole rings is 1. The van der Waals surface area contributed by atoms with Gasteiger partial charge < -0.3 is 19.7 Å². The summed E-state index contributed by atoms with van der Waals surface area (Å²) in [6, 6.07) is 13.9. The molecule has 1 aromatic heterocycles. The van der Waals surface area contributed by atoms with Gasteiger partial charge in [0.05, 0.1) is 29.8 Å². The van der Waals surface area contributed by atoms with Crippen LogP contribution in [0.3, 0.4) is 0 Å². The van der Waals surface area contributed by atoms with Crippen molar-refractivity contribution in [2.24, 2.45) is 0 Å². The van der Waals surface area contributed by atoms with Crippen LogP contribution in [0, 0.1) is 19.7 Å². The molecule has 1 fully saturated rings. The number of carbonyl (C=O) groups is 2. The van der Waals surface area contributed by atoms with Gasteiger partial charge in [-0.15, -0.1) is 0 Å². The molecule has 0 aliphatic carbocycles. The number of nitrogens with zero attached hydrogens (tertiary/aromatic N) is 3. The van der Waals surface area contributed by atoms with Crippen LogP contribution in [-0.2, 0) is 9.59 Å². The summed E-state index contributed by atoms with van der Waals surface area (Å²) in [6.45, 7) is 3.63. The molecular formula is C29H27FN4O4. The van der Waals surface area contributed by atoms with Gasteiger partial charge in [0.2, 0.25) is 5.95 Å². The minimum Gasteiger partial charge on any atom is -0.507 e. The van der Waals surface area contributed by atoms with Gasteiger partial charge in [-0.3, -0.25) is 14.5 Å². The van der Waals surface area contributed by atoms with Gasteiger partial charge in [0.15, 0.2) is 0 Å². The van der Waals surface area contributed by atoms with Crippen molar-refractivity contribution in [3.63, 3.8) is 0 Å². The number of ether oxygens (including phenoxy) is 1. The number of Topliss-reactive ketones (excluding diaryl/α,β-unsaturated/α-hetero) is 1. The highest BCUT2D eigenvalue weighted by atomic mass is 19.1. The summed E-state index contributed by atoms with van der Waals surface area (Å²) < 4.78 is 19.2. The number of amides is 1. The number of benzene rings is 3. The smallest absolute Gasteiger partial charge is 0.302 e. The number of aliphatic hydroxyl groups is 1. The fourth-order valence-corrected chi connectivity index (χ4v) is 4.81. The molecule has 1 unspecified atom stereocenters. The normalized spacial score (nSPS) is 16.9. The predicted octanol–water partition coefficient (Wildman–Crippen LogP) is 5.02. The first-order chi connectivity index (χ1) is 18.1. The van der Waals surface area contributed by atoms with Crippen LogP contribution in [0.2, 0.25) is 0 Å². The van der Waals surface area contributed by atoms with Crippen LogP contribution in [0.1, 0.15) is 28.3 Å². The topological polar surface area (TPSA) is 98.8 Å². The molecule has 1 saturated heterocycles. The number of aromatic nitrogens is 2. The lowest BCUT2D eigenvalue weighted by molar-refractivity contribution is -0.132. The van der Waals surface area contributed by atoms with Gasteiger partial charge in [0.1, 0.15) is 17.3 Å². The molecule has 38 heavy (non-hydrogen) atoms. The van der Waals surface area contributed by atoms with E-state index in [1.807, 2.05) is 38.1 Å². The maximum Gasteiger partial charge on any atom is 0.302 e. The van der Waals surface area contributed by atoms with E-state index < -0.39 is 23.5 Å². The molecule has 9 heteroatoms. The van der Waals surface area contributed by atoms with Gasteiger partial charge in [-0.25, -0.2) is 9.37 Å². The number of anilines is 2. The Bertz CT molecular complexity index is 1620. The summed E-state index contributed by atoms with van der Waals surface area (Å²) >= 11 is 0. The molecule has 2 heterocycles. The molecule has 194 valence electrons. The van der Waals surface area contributed by atoms with Crippen molar-refractivity contribution in [1.29, 1.82) is 0 Å². The Kier molecular flexibility index (Phi) is 6.14. The third-order valence-electron chi connectivity index (χ3n) is 6.83. The van der Waals surface area contributed by atoms with E-state index >= 15 is 0 Å². The number of fused-ring (bicyclic) bond motifs is 1. The molecule has 4 aromatic rings. The molecule has 0 spiro atoms. The van der Waals surface area contributed by atoms with E-state index in [1.165, 1.54) is 23.1 Å². The lowest BCUT2D eigenvalue weighted by atomic mass is 9.93. The van der Waals surface area contributed by atoms with Crippen molar-refractivity contribution < 1.29 is 23.8 Å². The molecule has 3 aromatic carbocycles. The van der Waals surface area contributed by atoms with Gasteiger partial charge >= 0.3 is 5.91 Å². The van der Waals surface area contributed by atoms with Gasteiger partial charge in [0.25, 0.3) is 5.78 Å². The van der Waals surface area contributed by atoms with E-state index in [4.69, 9.17) is 4.74 Å². The lowest BCUT2D eigenvalue weighted by Crippen LogP contribution is -2.30. The van der Waals surface area contributed by atoms with Gasteiger partial charge in [-0.05, 0) is 73.0 Å². The second-order valence-electron chi connectivity index (χ2n) is 9.51. The fraction of sp³-hybridized carbons (Fsp3) is 0.207. The van der Waals surface area contributed by atoms with Crippen LogP contribution < -0.4 is 14.5 Å². The summed E-state index contributed by atoms with van der Waals surface area (Å²) in [5.41, 5.74) is 4.14. The molecule has 1 aliphatic rings. The number of hydrogen-bond donors (Lipinski definition) is 2. The Morgan fingerprint density at radius 3 is 2.42 bits per heavy atom. The number of ketones is 1. The average Bonchev–Trinajstić information content (AvgIpc) is 3.42. The van der Waals surface area contributed by atoms with E-state index in [-0.39, 0.29) is 17.3 Å². The number of aryl methyl sites for hydroxylation is 2. The maximum atomic E-state index is 13.9. The Balaban J connectivity index is 1.74. The molecule has 1 atom stereocenters. The Morgan fingerprint density at radius 2 is 1.76 bits per heavy atom. The highest BCUT2D eigenvalue weighted by Crippen LogP contribution is 2.43. The van der Waals surface area contributed by atoms with E-state index in [2.05, 4.69) is 9.97 Å². The first-order valence-corrected chi connectivity index (χ1v) is 12.0. The number of nitrogens with one attached hydrogen (secondary N) is 1. The Hall–Kier alpha value is -4.66. The van der Waals surface area contributed by atoms with Crippen molar-refractivity contribution in [2.45, 2.75) is 19.9 Å². The zero-order chi connectivity index (χ0) is 27.3. The van der Waals surface area contributed by atoms with Crippen LogP contribution in [0.5, 0.6) is 5.75 Å². The van der Waals surface area contributed by atoms with E-state index in [9.17, 15) is 19.1 Å². The van der Waals surface area contributed by atoms with Crippen LogP contribution in [0.4, 0.5) is 16.0 Å². The van der Waals surface area contributed by atoms with Gasteiger partial charge in [0, 0.05) is 25.3 Å². The molecule has 1 aliphatic heterocycles. The zero-order valence-corrected chi connectivity index (χ0v) is 21.7. The summed E-state index contributed by atoms with van der Waals surface area (Å²) in [5, 5.41) is 11.5. The average molecular weight is 515 g/mol. The van der Waals surface area contributed by atoms with Crippen LogP contribution in [0.15, 0.2) is 60.2 Å². The number of H-pyrrole nitrogens is 1. The third-order valence-corrected chi connectivity index (χ3v) is 6.83. The molecule has 1 amide bonds. The third kappa shape index (κ3) is 4.06. The molecular weight excluding hydrogens is 487 g/mol. The number of rotatable bonds is 5. The van der Waals surface area contributed by atoms with Crippen molar-refractivity contribution in [3.8, 4) is 5.75 Å². The molecule has 2 N–H and O–H groups in total. The first kappa shape index (κ1) is 25.0. The van der Waals surface area contributed by atoms with Crippen molar-refractivity contribution >= 4 is 40.1 Å². The monoisotopic (exact) mass is 514 g/mol. The van der Waals surface area contributed by atoms with Crippen molar-refractivity contribution in [2.75, 3.05) is 31.0 Å². The number of hydrogen-bond acceptors (Lipinski definition) is 6. The van der Waals surface area contributed by atoms with E-state index in [1.54, 1.807) is 38.3 Å². The Morgan fingerprint density at radius 1 is 1.05 bits per heavy atom. The summed E-state index contributed by atoms with van der Waals surface area (Å²) in [7, 11) is 5.37. The fourth-order valence-electron chi connectivity index (χ4n) is 4.81. The number of carbonyl (C=O) groups excluding carboxylic acids is 2. The summed E-state index contributed by atoms with van der Waals surface area (Å²) in [6.07, 6.45) is 0. The molecule has 0 saturated carbocycles. The second kappa shape index (κ2) is 9.33. The molecule has 0 bridgehead atoms. The summed E-state index contributed by atoms with van der Waals surface area (Å²) in [5.74, 6) is -1.73. The number of methoxy groups -OCH3 is 1. The number of halogens is 1. The largest absolute Gasteiger partial charge is 0.507 e. The predicted molar refractivity (Wildman–Crippen MR) is 144 cm³/mol. The maximum absolute atomic E-state index is 13.9. The van der Waals surface area contributed by atoms with Crippen molar-refractivity contribution in [3.05, 3.63) is 88.2 Å². The molecule has 8 nitrogen and oxygen atoms in total. The van der Waals surface area contributed by atoms with Gasteiger partial charge in [-0.1, -0.05) is 12.1 Å².